The molecule has 0 saturated carbocycles. The minimum absolute atomic E-state index is 0.810. The number of aryl methyl sites for hydroxylation is 1. The number of rotatable bonds is 3. The van der Waals surface area contributed by atoms with Crippen LogP contribution in [0.4, 0.5) is 5.69 Å². The van der Waals surface area contributed by atoms with Crippen molar-refractivity contribution in [3.8, 4) is 0 Å². The highest BCUT2D eigenvalue weighted by atomic mass is 32.2. The molecule has 0 spiro atoms. The molecule has 2 aromatic rings. The maximum Gasteiger partial charge on any atom is 0.191 e. The van der Waals surface area contributed by atoms with Gasteiger partial charge in [0.2, 0.25) is 0 Å². The lowest BCUT2D eigenvalue weighted by Crippen LogP contribution is -2.02. The van der Waals surface area contributed by atoms with Gasteiger partial charge in [-0.25, -0.2) is 0 Å². The Kier molecular flexibility index (Phi) is 3.73. The smallest absolute Gasteiger partial charge is 0.191 e. The summed E-state index contributed by atoms with van der Waals surface area (Å²) in [6.45, 7) is 1.06. The van der Waals surface area contributed by atoms with Crippen LogP contribution in [0.3, 0.4) is 0 Å². The van der Waals surface area contributed by atoms with Gasteiger partial charge in [0.1, 0.15) is 5.82 Å². The molecule has 1 aromatic heterocycles. The number of benzene rings is 1. The molecule has 0 amide bonds. The molecule has 2 N–H and O–H groups in total. The van der Waals surface area contributed by atoms with E-state index in [1.54, 1.807) is 11.8 Å². The zero-order valence-corrected chi connectivity index (χ0v) is 11.7. The summed E-state index contributed by atoms with van der Waals surface area (Å²) >= 11 is 1.76. The third kappa shape index (κ3) is 2.92. The van der Waals surface area contributed by atoms with E-state index in [0.717, 1.165) is 35.4 Å². The van der Waals surface area contributed by atoms with Gasteiger partial charge < -0.3 is 10.3 Å². The van der Waals surface area contributed by atoms with Crippen molar-refractivity contribution in [2.75, 3.05) is 5.73 Å². The first-order valence-electron chi connectivity index (χ1n) is 6.72. The summed E-state index contributed by atoms with van der Waals surface area (Å²) in [4.78, 5) is 0. The molecule has 5 heteroatoms. The minimum Gasteiger partial charge on any atom is -0.399 e. The van der Waals surface area contributed by atoms with Crippen molar-refractivity contribution < 1.29 is 0 Å². The standard InChI is InChI=1S/C14H18N4S/c15-12-7-5-11(6-8-12)10-19-14-17-16-13-4-2-1-3-9-18(13)14/h5-8H,1-4,9-10,15H2. The monoisotopic (exact) mass is 274 g/mol. The van der Waals surface area contributed by atoms with Crippen LogP contribution in [0.5, 0.6) is 0 Å². The van der Waals surface area contributed by atoms with Crippen LogP contribution in [0, 0.1) is 0 Å². The van der Waals surface area contributed by atoms with E-state index < -0.39 is 0 Å². The zero-order chi connectivity index (χ0) is 13.1. The molecule has 0 unspecified atom stereocenters. The van der Waals surface area contributed by atoms with Crippen LogP contribution in [-0.4, -0.2) is 14.8 Å². The predicted molar refractivity (Wildman–Crippen MR) is 78.0 cm³/mol. The van der Waals surface area contributed by atoms with Crippen LogP contribution in [0.25, 0.3) is 0 Å². The maximum absolute atomic E-state index is 5.69. The van der Waals surface area contributed by atoms with E-state index in [0.29, 0.717) is 0 Å². The van der Waals surface area contributed by atoms with Crippen molar-refractivity contribution in [1.29, 1.82) is 0 Å². The van der Waals surface area contributed by atoms with Crippen molar-refractivity contribution in [1.82, 2.24) is 14.8 Å². The minimum atomic E-state index is 0.810. The molecule has 1 aromatic carbocycles. The Morgan fingerprint density at radius 1 is 1.11 bits per heavy atom. The largest absolute Gasteiger partial charge is 0.399 e. The Hall–Kier alpha value is -1.49. The predicted octanol–water partition coefficient (Wildman–Crippen LogP) is 2.88. The molecule has 0 atom stereocenters. The quantitative estimate of drug-likeness (QED) is 0.690. The van der Waals surface area contributed by atoms with Gasteiger partial charge in [0.05, 0.1) is 0 Å². The van der Waals surface area contributed by atoms with Crippen molar-refractivity contribution in [2.45, 2.75) is 43.1 Å². The molecule has 0 saturated heterocycles. The zero-order valence-electron chi connectivity index (χ0n) is 10.9. The lowest BCUT2D eigenvalue weighted by molar-refractivity contribution is 0.591. The van der Waals surface area contributed by atoms with Crippen LogP contribution in [0.1, 0.15) is 30.7 Å². The van der Waals surface area contributed by atoms with Gasteiger partial charge in [0.15, 0.2) is 5.16 Å². The number of hydrogen-bond acceptors (Lipinski definition) is 4. The molecule has 19 heavy (non-hydrogen) atoms. The number of aromatic nitrogens is 3. The third-order valence-corrected chi connectivity index (χ3v) is 4.46. The van der Waals surface area contributed by atoms with Crippen LogP contribution in [-0.2, 0) is 18.7 Å². The van der Waals surface area contributed by atoms with Gasteiger partial charge in [-0.15, -0.1) is 10.2 Å². The molecule has 0 aliphatic carbocycles. The first-order chi connectivity index (χ1) is 9.33. The normalized spacial score (nSPS) is 14.9. The van der Waals surface area contributed by atoms with E-state index in [9.17, 15) is 0 Å². The number of nitrogen functional groups attached to an aromatic ring is 1. The molecular formula is C14H18N4S. The van der Waals surface area contributed by atoms with Crippen LogP contribution in [0.2, 0.25) is 0 Å². The van der Waals surface area contributed by atoms with Gasteiger partial charge in [-0.3, -0.25) is 0 Å². The number of hydrogen-bond donors (Lipinski definition) is 1. The summed E-state index contributed by atoms with van der Waals surface area (Å²) in [6.07, 6.45) is 4.84. The van der Waals surface area contributed by atoms with Crippen LogP contribution >= 0.6 is 11.8 Å². The molecule has 3 rings (SSSR count). The number of nitrogens with two attached hydrogens (primary N) is 1. The molecular weight excluding hydrogens is 256 g/mol. The van der Waals surface area contributed by atoms with Crippen molar-refractivity contribution >= 4 is 17.4 Å². The van der Waals surface area contributed by atoms with Gasteiger partial charge in [0, 0.05) is 24.4 Å². The van der Waals surface area contributed by atoms with E-state index in [-0.39, 0.29) is 0 Å². The number of anilines is 1. The second-order valence-corrected chi connectivity index (χ2v) is 5.83. The Morgan fingerprint density at radius 3 is 2.79 bits per heavy atom. The van der Waals surface area contributed by atoms with Crippen LogP contribution < -0.4 is 5.73 Å². The number of thioether (sulfide) groups is 1. The summed E-state index contributed by atoms with van der Waals surface area (Å²) in [5, 5.41) is 9.69. The van der Waals surface area contributed by atoms with Crippen molar-refractivity contribution in [3.63, 3.8) is 0 Å². The average molecular weight is 274 g/mol. The second-order valence-electron chi connectivity index (χ2n) is 4.89. The lowest BCUT2D eigenvalue weighted by Gasteiger charge is -2.06. The summed E-state index contributed by atoms with van der Waals surface area (Å²) in [5.74, 6) is 2.07. The van der Waals surface area contributed by atoms with Crippen molar-refractivity contribution in [3.05, 3.63) is 35.7 Å². The molecule has 1 aliphatic heterocycles. The third-order valence-electron chi connectivity index (χ3n) is 3.42. The highest BCUT2D eigenvalue weighted by molar-refractivity contribution is 7.98. The van der Waals surface area contributed by atoms with Crippen LogP contribution in [0.15, 0.2) is 29.4 Å². The van der Waals surface area contributed by atoms with E-state index in [1.165, 1.54) is 24.8 Å². The lowest BCUT2D eigenvalue weighted by atomic mass is 10.2. The first-order valence-corrected chi connectivity index (χ1v) is 7.71. The summed E-state index contributed by atoms with van der Waals surface area (Å²) in [6, 6.07) is 8.03. The Morgan fingerprint density at radius 2 is 1.95 bits per heavy atom. The Labute approximate surface area is 117 Å². The van der Waals surface area contributed by atoms with Gasteiger partial charge in [-0.1, -0.05) is 30.3 Å². The van der Waals surface area contributed by atoms with E-state index in [2.05, 4.69) is 26.9 Å². The van der Waals surface area contributed by atoms with Crippen molar-refractivity contribution in [2.24, 2.45) is 0 Å². The van der Waals surface area contributed by atoms with E-state index in [4.69, 9.17) is 5.73 Å². The molecule has 100 valence electrons. The van der Waals surface area contributed by atoms with Gasteiger partial charge in [-0.2, -0.15) is 0 Å². The highest BCUT2D eigenvalue weighted by Crippen LogP contribution is 2.25. The number of fused-ring (bicyclic) bond motifs is 1. The highest BCUT2D eigenvalue weighted by Gasteiger charge is 2.14. The fraction of sp³-hybridized carbons (Fsp3) is 0.429. The molecule has 2 heterocycles. The molecule has 0 fully saturated rings. The molecule has 1 aliphatic rings. The van der Waals surface area contributed by atoms with Gasteiger partial charge in [-0.05, 0) is 30.5 Å². The topological polar surface area (TPSA) is 56.7 Å². The maximum atomic E-state index is 5.69. The Balaban J connectivity index is 1.70. The summed E-state index contributed by atoms with van der Waals surface area (Å²) < 4.78 is 2.29. The Bertz CT molecular complexity index is 547. The molecule has 0 bridgehead atoms. The second kappa shape index (κ2) is 5.65. The SMILES string of the molecule is Nc1ccc(CSc2nnc3n2CCCCC3)cc1. The van der Waals surface area contributed by atoms with E-state index >= 15 is 0 Å². The molecule has 4 nitrogen and oxygen atoms in total. The summed E-state index contributed by atoms with van der Waals surface area (Å²) in [7, 11) is 0. The van der Waals surface area contributed by atoms with Gasteiger partial charge in [0.25, 0.3) is 0 Å². The first kappa shape index (κ1) is 12.5. The molecule has 0 radical (unpaired) electrons. The van der Waals surface area contributed by atoms with E-state index in [1.807, 2.05) is 12.1 Å². The van der Waals surface area contributed by atoms with Gasteiger partial charge >= 0.3 is 0 Å². The summed E-state index contributed by atoms with van der Waals surface area (Å²) in [5.41, 5.74) is 7.77. The number of nitrogens with zero attached hydrogens (tertiary/aromatic N) is 3. The average Bonchev–Trinajstić information content (AvgIpc) is 2.66. The fourth-order valence-corrected chi connectivity index (χ4v) is 3.27. The fourth-order valence-electron chi connectivity index (χ4n) is 2.33.